The number of para-hydroxylation sites is 1. The summed E-state index contributed by atoms with van der Waals surface area (Å²) >= 11 is 5.80. The van der Waals surface area contributed by atoms with Crippen molar-refractivity contribution in [3.63, 3.8) is 0 Å². The van der Waals surface area contributed by atoms with E-state index in [1.165, 1.54) is 7.11 Å². The number of fused-ring (bicyclic) bond motifs is 1. The molecule has 0 saturated heterocycles. The Balaban J connectivity index is 1.15. The van der Waals surface area contributed by atoms with Gasteiger partial charge in [-0.3, -0.25) is 19.0 Å². The number of benzene rings is 2. The number of halogens is 1. The number of pyridine rings is 2. The van der Waals surface area contributed by atoms with Crippen molar-refractivity contribution in [3.05, 3.63) is 106 Å². The molecule has 4 aromatic rings. The first kappa shape index (κ1) is 30.2. The van der Waals surface area contributed by atoms with E-state index in [1.807, 2.05) is 42.5 Å². The lowest BCUT2D eigenvalue weighted by Gasteiger charge is -2.60. The third-order valence-electron chi connectivity index (χ3n) is 10.1. The van der Waals surface area contributed by atoms with E-state index in [2.05, 4.69) is 15.6 Å². The fourth-order valence-electron chi connectivity index (χ4n) is 8.52. The maximum absolute atomic E-state index is 13.8. The molecule has 46 heavy (non-hydrogen) atoms. The maximum atomic E-state index is 13.8. The number of carbonyl (C=O) groups is 3. The van der Waals surface area contributed by atoms with Crippen LogP contribution in [0, 0.1) is 17.8 Å². The second-order valence-corrected chi connectivity index (χ2v) is 13.3. The van der Waals surface area contributed by atoms with E-state index in [4.69, 9.17) is 16.3 Å². The minimum Gasteiger partial charge on any atom is -0.464 e. The van der Waals surface area contributed by atoms with Crippen LogP contribution in [0.15, 0.2) is 77.7 Å². The lowest BCUT2D eigenvalue weighted by atomic mass is 9.51. The van der Waals surface area contributed by atoms with E-state index in [1.54, 1.807) is 35.0 Å². The highest BCUT2D eigenvalue weighted by atomic mass is 35.5. The van der Waals surface area contributed by atoms with Gasteiger partial charge in [-0.2, -0.15) is 0 Å². The molecule has 0 spiro atoms. The standard InChI is InChI=1S/C36H35ClN4O5/c1-46-35(45)31-28(32(43)27-8-5-13-38-33(27)41(31)26-6-3-2-4-7-26)16-21-9-11-23(12-10-21)34(44)39-30-24-14-22-15-25(30)19-36(17-22,18-24)40-29(42)20-37/h2-13,22,24-25,30H,14-20H2,1H3,(H,39,44)(H,40,42)/t22?,24-,25?,30?,36?/m1/s1. The molecule has 2 N–H and O–H groups in total. The predicted octanol–water partition coefficient (Wildman–Crippen LogP) is 4.80. The van der Waals surface area contributed by atoms with Crippen molar-refractivity contribution in [2.45, 2.75) is 50.1 Å². The van der Waals surface area contributed by atoms with Crippen LogP contribution in [-0.4, -0.2) is 51.9 Å². The molecule has 4 aliphatic rings. The van der Waals surface area contributed by atoms with Gasteiger partial charge in [0.25, 0.3) is 5.91 Å². The molecule has 4 saturated carbocycles. The molecule has 4 bridgehead atoms. The molecule has 2 amide bonds. The Kier molecular flexibility index (Phi) is 7.88. The molecule has 0 aliphatic heterocycles. The lowest BCUT2D eigenvalue weighted by Crippen LogP contribution is -2.66. The van der Waals surface area contributed by atoms with Crippen molar-refractivity contribution < 1.29 is 19.1 Å². The smallest absolute Gasteiger partial charge is 0.355 e. The quantitative estimate of drug-likeness (QED) is 0.212. The highest BCUT2D eigenvalue weighted by molar-refractivity contribution is 6.27. The molecule has 2 aromatic carbocycles. The van der Waals surface area contributed by atoms with Crippen LogP contribution in [0.25, 0.3) is 16.7 Å². The summed E-state index contributed by atoms with van der Waals surface area (Å²) in [6.07, 6.45) is 6.58. The molecular weight excluding hydrogens is 604 g/mol. The molecule has 4 unspecified atom stereocenters. The number of hydrogen-bond acceptors (Lipinski definition) is 6. The number of carbonyl (C=O) groups excluding carboxylic acids is 3. The van der Waals surface area contributed by atoms with Crippen LogP contribution in [0.3, 0.4) is 0 Å². The van der Waals surface area contributed by atoms with E-state index in [0.29, 0.717) is 40.0 Å². The largest absolute Gasteiger partial charge is 0.464 e. The Morgan fingerprint density at radius 3 is 2.37 bits per heavy atom. The van der Waals surface area contributed by atoms with Crippen LogP contribution in [0.4, 0.5) is 0 Å². The van der Waals surface area contributed by atoms with Crippen molar-refractivity contribution >= 4 is 40.4 Å². The van der Waals surface area contributed by atoms with E-state index in [0.717, 1.165) is 37.7 Å². The Labute approximate surface area is 271 Å². The van der Waals surface area contributed by atoms with Gasteiger partial charge in [-0.25, -0.2) is 9.78 Å². The molecule has 9 nitrogen and oxygen atoms in total. The summed E-state index contributed by atoms with van der Waals surface area (Å²) in [5, 5.41) is 6.92. The van der Waals surface area contributed by atoms with Gasteiger partial charge >= 0.3 is 5.97 Å². The van der Waals surface area contributed by atoms with Gasteiger partial charge in [-0.1, -0.05) is 30.3 Å². The van der Waals surface area contributed by atoms with E-state index < -0.39 is 5.97 Å². The second kappa shape index (κ2) is 12.0. The number of ether oxygens (including phenoxy) is 1. The maximum Gasteiger partial charge on any atom is 0.355 e. The van der Waals surface area contributed by atoms with E-state index in [9.17, 15) is 19.2 Å². The third kappa shape index (κ3) is 5.36. The zero-order valence-corrected chi connectivity index (χ0v) is 26.3. The number of nitrogens with one attached hydrogen (secondary N) is 2. The molecule has 4 aliphatic carbocycles. The van der Waals surface area contributed by atoms with Crippen LogP contribution < -0.4 is 16.1 Å². The van der Waals surface area contributed by atoms with E-state index >= 15 is 0 Å². The van der Waals surface area contributed by atoms with Crippen LogP contribution in [0.2, 0.25) is 0 Å². The summed E-state index contributed by atoms with van der Waals surface area (Å²) in [4.78, 5) is 57.2. The predicted molar refractivity (Wildman–Crippen MR) is 174 cm³/mol. The lowest BCUT2D eigenvalue weighted by molar-refractivity contribution is -0.125. The number of rotatable bonds is 8. The van der Waals surface area contributed by atoms with Crippen LogP contribution in [0.1, 0.15) is 64.1 Å². The average molecular weight is 639 g/mol. The normalized spacial score (nSPS) is 24.5. The summed E-state index contributed by atoms with van der Waals surface area (Å²) in [6, 6.07) is 19.9. The van der Waals surface area contributed by atoms with Crippen molar-refractivity contribution in [1.29, 1.82) is 0 Å². The first-order valence-electron chi connectivity index (χ1n) is 15.7. The van der Waals surface area contributed by atoms with Gasteiger partial charge in [0.05, 0.1) is 12.5 Å². The molecule has 2 heterocycles. The number of esters is 1. The number of nitrogens with zero attached hydrogens (tertiary/aromatic N) is 2. The Morgan fingerprint density at radius 1 is 0.978 bits per heavy atom. The van der Waals surface area contributed by atoms with Crippen molar-refractivity contribution in [1.82, 2.24) is 20.2 Å². The molecule has 10 heteroatoms. The van der Waals surface area contributed by atoms with Gasteiger partial charge in [0.1, 0.15) is 17.2 Å². The van der Waals surface area contributed by atoms with Crippen LogP contribution >= 0.6 is 11.6 Å². The molecular formula is C36H35ClN4O5. The van der Waals surface area contributed by atoms with Crippen molar-refractivity contribution in [2.75, 3.05) is 13.0 Å². The minimum absolute atomic E-state index is 0.0386. The minimum atomic E-state index is -0.640. The summed E-state index contributed by atoms with van der Waals surface area (Å²) < 4.78 is 6.85. The van der Waals surface area contributed by atoms with Gasteiger partial charge in [0.15, 0.2) is 5.43 Å². The summed E-state index contributed by atoms with van der Waals surface area (Å²) in [5.41, 5.74) is 2.26. The highest BCUT2D eigenvalue weighted by Gasteiger charge is 2.56. The second-order valence-electron chi connectivity index (χ2n) is 13.0. The topological polar surface area (TPSA) is 119 Å². The fraction of sp³-hybridized carbons (Fsp3) is 0.361. The summed E-state index contributed by atoms with van der Waals surface area (Å²) in [6.45, 7) is 0. The highest BCUT2D eigenvalue weighted by Crippen LogP contribution is 2.55. The zero-order chi connectivity index (χ0) is 32.0. The number of alkyl halides is 1. The van der Waals surface area contributed by atoms with E-state index in [-0.39, 0.29) is 52.4 Å². The number of aromatic nitrogens is 2. The molecule has 4 fully saturated rings. The van der Waals surface area contributed by atoms with Crippen LogP contribution in [0.5, 0.6) is 0 Å². The van der Waals surface area contributed by atoms with Crippen LogP contribution in [-0.2, 0) is 16.0 Å². The Morgan fingerprint density at radius 2 is 1.70 bits per heavy atom. The SMILES string of the molecule is COC(=O)c1c(Cc2ccc(C(=O)NC3C4CC5C[C@@H]3CC(NC(=O)CCl)(C5)C4)cc2)c(=O)c2cccnc2n1-c1ccccc1. The fourth-order valence-corrected chi connectivity index (χ4v) is 8.59. The van der Waals surface area contributed by atoms with Gasteiger partial charge in [0.2, 0.25) is 5.91 Å². The first-order valence-corrected chi connectivity index (χ1v) is 16.3. The monoisotopic (exact) mass is 638 g/mol. The zero-order valence-electron chi connectivity index (χ0n) is 25.5. The summed E-state index contributed by atoms with van der Waals surface area (Å²) in [5.74, 6) is 0.256. The Bertz CT molecular complexity index is 1870. The van der Waals surface area contributed by atoms with Gasteiger partial charge in [-0.05, 0) is 91.8 Å². The van der Waals surface area contributed by atoms with Gasteiger partial charge in [-0.15, -0.1) is 11.6 Å². The number of hydrogen-bond donors (Lipinski definition) is 2. The molecule has 5 atom stereocenters. The molecule has 0 radical (unpaired) electrons. The van der Waals surface area contributed by atoms with Crippen molar-refractivity contribution in [2.24, 2.45) is 17.8 Å². The third-order valence-corrected chi connectivity index (χ3v) is 10.4. The first-order chi connectivity index (χ1) is 22.3. The van der Waals surface area contributed by atoms with Crippen molar-refractivity contribution in [3.8, 4) is 5.69 Å². The average Bonchev–Trinajstić information content (AvgIpc) is 3.07. The molecule has 236 valence electrons. The Hall–Kier alpha value is -4.50. The number of amides is 2. The van der Waals surface area contributed by atoms with Gasteiger partial charge < -0.3 is 15.4 Å². The summed E-state index contributed by atoms with van der Waals surface area (Å²) in [7, 11) is 1.29. The molecule has 2 aromatic heterocycles. The molecule has 8 rings (SSSR count). The van der Waals surface area contributed by atoms with Gasteiger partial charge in [0, 0.05) is 41.0 Å². The number of methoxy groups -OCH3 is 1.